The van der Waals surface area contributed by atoms with Crippen LogP contribution < -0.4 is 16.4 Å². The topological polar surface area (TPSA) is 75.9 Å². The summed E-state index contributed by atoms with van der Waals surface area (Å²) in [5, 5.41) is 6.64. The van der Waals surface area contributed by atoms with Gasteiger partial charge in [-0.15, -0.1) is 0 Å². The molecular weight excluding hydrogens is 202 g/mol. The highest BCUT2D eigenvalue weighted by atomic mass is 15.1. The van der Waals surface area contributed by atoms with E-state index in [4.69, 9.17) is 5.73 Å². The fourth-order valence-electron chi connectivity index (χ4n) is 2.19. The normalized spacial score (nSPS) is 20.0. The van der Waals surface area contributed by atoms with E-state index in [1.54, 1.807) is 0 Å². The zero-order valence-electron chi connectivity index (χ0n) is 9.29. The fraction of sp³-hybridized carbons (Fsp3) is 0.636. The summed E-state index contributed by atoms with van der Waals surface area (Å²) in [4.78, 5) is 8.87. The maximum absolute atomic E-state index is 5.96. The smallest absolute Gasteiger partial charge is 0.225 e. The van der Waals surface area contributed by atoms with Crippen LogP contribution in [0.1, 0.15) is 30.5 Å². The van der Waals surface area contributed by atoms with Crippen molar-refractivity contribution in [2.24, 2.45) is 0 Å². The molecular formula is C11H17N5. The lowest BCUT2D eigenvalue weighted by Crippen LogP contribution is -2.30. The molecule has 86 valence electrons. The summed E-state index contributed by atoms with van der Waals surface area (Å²) in [6.07, 6.45) is 4.68. The summed E-state index contributed by atoms with van der Waals surface area (Å²) in [6.45, 7) is 1.78. The van der Waals surface area contributed by atoms with Gasteiger partial charge in [-0.3, -0.25) is 0 Å². The summed E-state index contributed by atoms with van der Waals surface area (Å²) >= 11 is 0. The molecule has 0 saturated heterocycles. The lowest BCUT2D eigenvalue weighted by atomic mass is 9.93. The van der Waals surface area contributed by atoms with Crippen molar-refractivity contribution in [3.63, 3.8) is 0 Å². The molecule has 1 fully saturated rings. The molecule has 0 aromatic carbocycles. The Morgan fingerprint density at radius 3 is 2.94 bits per heavy atom. The van der Waals surface area contributed by atoms with Crippen LogP contribution in [0, 0.1) is 0 Å². The van der Waals surface area contributed by atoms with Gasteiger partial charge in [0.1, 0.15) is 5.82 Å². The summed E-state index contributed by atoms with van der Waals surface area (Å²) in [6, 6.07) is 0.550. The molecule has 4 N–H and O–H groups in total. The van der Waals surface area contributed by atoms with E-state index >= 15 is 0 Å². The number of rotatable bonds is 2. The Kier molecular flexibility index (Phi) is 2.40. The predicted molar refractivity (Wildman–Crippen MR) is 63.1 cm³/mol. The van der Waals surface area contributed by atoms with E-state index in [1.165, 1.54) is 19.3 Å². The van der Waals surface area contributed by atoms with Crippen LogP contribution in [0.25, 0.3) is 0 Å². The minimum absolute atomic E-state index is 0.550. The summed E-state index contributed by atoms with van der Waals surface area (Å²) in [7, 11) is 0. The van der Waals surface area contributed by atoms with Crippen LogP contribution in [0.2, 0.25) is 0 Å². The summed E-state index contributed by atoms with van der Waals surface area (Å²) in [5.74, 6) is 1.35. The number of hydrogen-bond acceptors (Lipinski definition) is 5. The summed E-state index contributed by atoms with van der Waals surface area (Å²) < 4.78 is 0. The molecule has 1 aliphatic carbocycles. The maximum atomic E-state index is 5.96. The van der Waals surface area contributed by atoms with Gasteiger partial charge in [0.2, 0.25) is 5.95 Å². The van der Waals surface area contributed by atoms with E-state index in [0.717, 1.165) is 30.8 Å². The van der Waals surface area contributed by atoms with Gasteiger partial charge in [0.25, 0.3) is 0 Å². The highest BCUT2D eigenvalue weighted by molar-refractivity contribution is 5.48. The highest BCUT2D eigenvalue weighted by Gasteiger charge is 2.20. The second-order valence-electron chi connectivity index (χ2n) is 4.56. The van der Waals surface area contributed by atoms with Gasteiger partial charge in [0.15, 0.2) is 0 Å². The first-order valence-corrected chi connectivity index (χ1v) is 5.95. The zero-order valence-corrected chi connectivity index (χ0v) is 9.29. The molecule has 1 aliphatic heterocycles. The standard InChI is InChI=1S/C11H17N5/c12-10-8-4-5-13-6-9(8)15-11(16-10)14-7-2-1-3-7/h7,13H,1-6H2,(H3,12,14,15,16). The highest BCUT2D eigenvalue weighted by Crippen LogP contribution is 2.24. The molecule has 0 spiro atoms. The first-order chi connectivity index (χ1) is 7.83. The van der Waals surface area contributed by atoms with Crippen LogP contribution in [-0.2, 0) is 13.0 Å². The molecule has 16 heavy (non-hydrogen) atoms. The van der Waals surface area contributed by atoms with Crippen LogP contribution in [0.5, 0.6) is 0 Å². The number of hydrogen-bond donors (Lipinski definition) is 3. The lowest BCUT2D eigenvalue weighted by Gasteiger charge is -2.27. The zero-order chi connectivity index (χ0) is 11.0. The van der Waals surface area contributed by atoms with Gasteiger partial charge in [-0.25, -0.2) is 4.98 Å². The van der Waals surface area contributed by atoms with Crippen molar-refractivity contribution < 1.29 is 0 Å². The molecule has 1 aromatic rings. The van der Waals surface area contributed by atoms with E-state index in [2.05, 4.69) is 20.6 Å². The third kappa shape index (κ3) is 1.71. The van der Waals surface area contributed by atoms with Gasteiger partial charge in [-0.05, 0) is 32.2 Å². The van der Waals surface area contributed by atoms with Crippen LogP contribution >= 0.6 is 0 Å². The molecule has 3 rings (SSSR count). The Bertz CT molecular complexity index is 400. The van der Waals surface area contributed by atoms with Gasteiger partial charge < -0.3 is 16.4 Å². The first-order valence-electron chi connectivity index (χ1n) is 5.95. The van der Waals surface area contributed by atoms with Gasteiger partial charge in [-0.2, -0.15) is 4.98 Å². The van der Waals surface area contributed by atoms with E-state index in [0.29, 0.717) is 17.8 Å². The predicted octanol–water partition coefficient (Wildman–Crippen LogP) is 0.669. The minimum atomic E-state index is 0.550. The number of aromatic nitrogens is 2. The van der Waals surface area contributed by atoms with Gasteiger partial charge in [0, 0.05) is 18.2 Å². The van der Waals surface area contributed by atoms with Crippen LogP contribution in [0.3, 0.4) is 0 Å². The molecule has 0 bridgehead atoms. The van der Waals surface area contributed by atoms with Crippen molar-refractivity contribution in [1.29, 1.82) is 0 Å². The molecule has 2 heterocycles. The molecule has 1 aromatic heterocycles. The molecule has 5 heteroatoms. The fourth-order valence-corrected chi connectivity index (χ4v) is 2.19. The minimum Gasteiger partial charge on any atom is -0.383 e. The third-order valence-corrected chi connectivity index (χ3v) is 3.41. The van der Waals surface area contributed by atoms with E-state index in [1.807, 2.05) is 0 Å². The van der Waals surface area contributed by atoms with E-state index in [-0.39, 0.29) is 0 Å². The third-order valence-electron chi connectivity index (χ3n) is 3.41. The maximum Gasteiger partial charge on any atom is 0.225 e. The van der Waals surface area contributed by atoms with Crippen molar-refractivity contribution in [3.8, 4) is 0 Å². The second kappa shape index (κ2) is 3.90. The Balaban J connectivity index is 1.85. The molecule has 0 atom stereocenters. The molecule has 1 saturated carbocycles. The van der Waals surface area contributed by atoms with Crippen molar-refractivity contribution >= 4 is 11.8 Å². The Morgan fingerprint density at radius 2 is 2.19 bits per heavy atom. The quantitative estimate of drug-likeness (QED) is 0.681. The average Bonchev–Trinajstić information content (AvgIpc) is 2.24. The monoisotopic (exact) mass is 219 g/mol. The lowest BCUT2D eigenvalue weighted by molar-refractivity contribution is 0.442. The number of anilines is 2. The van der Waals surface area contributed by atoms with Crippen molar-refractivity contribution in [3.05, 3.63) is 11.3 Å². The van der Waals surface area contributed by atoms with Crippen molar-refractivity contribution in [2.45, 2.75) is 38.3 Å². The molecule has 0 amide bonds. The van der Waals surface area contributed by atoms with E-state index in [9.17, 15) is 0 Å². The van der Waals surface area contributed by atoms with Crippen LogP contribution in [0.15, 0.2) is 0 Å². The number of nitrogens with two attached hydrogens (primary N) is 1. The van der Waals surface area contributed by atoms with Crippen LogP contribution in [-0.4, -0.2) is 22.6 Å². The second-order valence-corrected chi connectivity index (χ2v) is 4.56. The van der Waals surface area contributed by atoms with Crippen LogP contribution in [0.4, 0.5) is 11.8 Å². The Labute approximate surface area is 94.9 Å². The van der Waals surface area contributed by atoms with Crippen molar-refractivity contribution in [1.82, 2.24) is 15.3 Å². The molecule has 5 nitrogen and oxygen atoms in total. The number of nitrogen functional groups attached to an aromatic ring is 1. The van der Waals surface area contributed by atoms with Gasteiger partial charge in [-0.1, -0.05) is 0 Å². The number of nitrogens with zero attached hydrogens (tertiary/aromatic N) is 2. The number of nitrogens with one attached hydrogen (secondary N) is 2. The summed E-state index contributed by atoms with van der Waals surface area (Å²) in [5.41, 5.74) is 8.14. The molecule has 0 unspecified atom stereocenters. The molecule has 2 aliphatic rings. The largest absolute Gasteiger partial charge is 0.383 e. The SMILES string of the molecule is Nc1nc(NC2CCC2)nc2c1CCNC2. The average molecular weight is 219 g/mol. The first kappa shape index (κ1) is 9.84. The Morgan fingerprint density at radius 1 is 1.31 bits per heavy atom. The van der Waals surface area contributed by atoms with Gasteiger partial charge in [0.05, 0.1) is 5.69 Å². The van der Waals surface area contributed by atoms with E-state index < -0.39 is 0 Å². The van der Waals surface area contributed by atoms with Crippen molar-refractivity contribution in [2.75, 3.05) is 17.6 Å². The Hall–Kier alpha value is -1.36. The molecule has 0 radical (unpaired) electrons. The van der Waals surface area contributed by atoms with Gasteiger partial charge >= 0.3 is 0 Å². The number of fused-ring (bicyclic) bond motifs is 1.